The van der Waals surface area contributed by atoms with E-state index in [2.05, 4.69) is 43.3 Å². The van der Waals surface area contributed by atoms with Gasteiger partial charge in [-0.05, 0) is 36.6 Å². The summed E-state index contributed by atoms with van der Waals surface area (Å²) in [5.74, 6) is 1.66. The number of aryl methyl sites for hydroxylation is 1. The quantitative estimate of drug-likeness (QED) is 0.822. The molecule has 1 heterocycles. The van der Waals surface area contributed by atoms with Gasteiger partial charge in [0, 0.05) is 0 Å². The van der Waals surface area contributed by atoms with Crippen LogP contribution in [0.15, 0.2) is 48.5 Å². The van der Waals surface area contributed by atoms with Gasteiger partial charge in [-0.25, -0.2) is 0 Å². The standard InChI is InChI=1S/C17H16O2/c1-13-5-7-14(8-6-13)3-2-4-15-9-10-16-17(11-15)19-12-18-16/h2,4-11H,3,12H2,1H3. The Hall–Kier alpha value is -2.22. The Kier molecular flexibility index (Phi) is 3.23. The van der Waals surface area contributed by atoms with Gasteiger partial charge in [0.2, 0.25) is 6.79 Å². The Bertz CT molecular complexity index is 597. The highest BCUT2D eigenvalue weighted by molar-refractivity contribution is 5.56. The van der Waals surface area contributed by atoms with Crippen molar-refractivity contribution in [3.8, 4) is 11.5 Å². The number of fused-ring (bicyclic) bond motifs is 1. The van der Waals surface area contributed by atoms with Gasteiger partial charge in [-0.15, -0.1) is 0 Å². The maximum absolute atomic E-state index is 5.36. The van der Waals surface area contributed by atoms with E-state index >= 15 is 0 Å². The van der Waals surface area contributed by atoms with Gasteiger partial charge in [-0.1, -0.05) is 48.0 Å². The van der Waals surface area contributed by atoms with Crippen molar-refractivity contribution in [1.29, 1.82) is 0 Å². The molecule has 0 aliphatic carbocycles. The minimum atomic E-state index is 0.325. The monoisotopic (exact) mass is 252 g/mol. The summed E-state index contributed by atoms with van der Waals surface area (Å²) in [6, 6.07) is 14.6. The van der Waals surface area contributed by atoms with Gasteiger partial charge in [0.25, 0.3) is 0 Å². The molecule has 2 nitrogen and oxygen atoms in total. The normalized spacial score (nSPS) is 13.1. The molecule has 0 unspecified atom stereocenters. The van der Waals surface area contributed by atoms with Crippen molar-refractivity contribution in [3.63, 3.8) is 0 Å². The fourth-order valence-electron chi connectivity index (χ4n) is 2.07. The van der Waals surface area contributed by atoms with Crippen LogP contribution >= 0.6 is 0 Å². The number of allylic oxidation sites excluding steroid dienone is 1. The molecule has 3 rings (SSSR count). The maximum atomic E-state index is 5.36. The third-order valence-electron chi connectivity index (χ3n) is 3.18. The summed E-state index contributed by atoms with van der Waals surface area (Å²) in [6.45, 7) is 2.43. The number of ether oxygens (including phenoxy) is 2. The fourth-order valence-corrected chi connectivity index (χ4v) is 2.07. The number of benzene rings is 2. The first-order chi connectivity index (χ1) is 9.31. The van der Waals surface area contributed by atoms with Crippen molar-refractivity contribution in [2.75, 3.05) is 6.79 Å². The summed E-state index contributed by atoms with van der Waals surface area (Å²) in [5, 5.41) is 0. The molecular formula is C17H16O2. The maximum Gasteiger partial charge on any atom is 0.231 e. The number of hydrogen-bond acceptors (Lipinski definition) is 2. The Labute approximate surface area is 113 Å². The molecule has 0 saturated carbocycles. The van der Waals surface area contributed by atoms with Crippen molar-refractivity contribution in [2.24, 2.45) is 0 Å². The SMILES string of the molecule is Cc1ccc(CC=Cc2ccc3c(c2)OCO3)cc1. The lowest BCUT2D eigenvalue weighted by Gasteiger charge is -1.99. The number of rotatable bonds is 3. The highest BCUT2D eigenvalue weighted by atomic mass is 16.7. The van der Waals surface area contributed by atoms with Crippen LogP contribution in [0.25, 0.3) is 6.08 Å². The van der Waals surface area contributed by atoms with Crippen LogP contribution in [-0.4, -0.2) is 6.79 Å². The van der Waals surface area contributed by atoms with Crippen LogP contribution in [0, 0.1) is 6.92 Å². The highest BCUT2D eigenvalue weighted by Crippen LogP contribution is 2.32. The van der Waals surface area contributed by atoms with E-state index in [1.807, 2.05) is 18.2 Å². The summed E-state index contributed by atoms with van der Waals surface area (Å²) in [6.07, 6.45) is 5.22. The first-order valence-electron chi connectivity index (χ1n) is 6.43. The van der Waals surface area contributed by atoms with E-state index in [0.717, 1.165) is 23.5 Å². The van der Waals surface area contributed by atoms with Crippen LogP contribution in [0.2, 0.25) is 0 Å². The van der Waals surface area contributed by atoms with Crippen LogP contribution < -0.4 is 9.47 Å². The average molecular weight is 252 g/mol. The summed E-state index contributed by atoms with van der Waals surface area (Å²) in [5.41, 5.74) is 3.75. The zero-order chi connectivity index (χ0) is 13.1. The van der Waals surface area contributed by atoms with Crippen molar-refractivity contribution in [3.05, 3.63) is 65.2 Å². The first-order valence-corrected chi connectivity index (χ1v) is 6.43. The third-order valence-corrected chi connectivity index (χ3v) is 3.18. The van der Waals surface area contributed by atoms with Crippen LogP contribution in [0.5, 0.6) is 11.5 Å². The average Bonchev–Trinajstić information content (AvgIpc) is 2.88. The lowest BCUT2D eigenvalue weighted by atomic mass is 10.1. The molecule has 0 spiro atoms. The number of hydrogen-bond donors (Lipinski definition) is 0. The molecule has 2 aromatic rings. The van der Waals surface area contributed by atoms with E-state index in [1.165, 1.54) is 11.1 Å². The van der Waals surface area contributed by atoms with Gasteiger partial charge in [-0.2, -0.15) is 0 Å². The van der Waals surface area contributed by atoms with Crippen LogP contribution in [0.1, 0.15) is 16.7 Å². The van der Waals surface area contributed by atoms with E-state index in [-0.39, 0.29) is 0 Å². The van der Waals surface area contributed by atoms with Gasteiger partial charge in [0.1, 0.15) is 0 Å². The zero-order valence-electron chi connectivity index (χ0n) is 10.9. The van der Waals surface area contributed by atoms with Gasteiger partial charge in [0.05, 0.1) is 0 Å². The molecule has 0 bridgehead atoms. The molecule has 0 saturated heterocycles. The minimum Gasteiger partial charge on any atom is -0.454 e. The predicted octanol–water partition coefficient (Wildman–Crippen LogP) is 3.98. The van der Waals surface area contributed by atoms with Crippen LogP contribution in [-0.2, 0) is 6.42 Å². The fraction of sp³-hybridized carbons (Fsp3) is 0.176. The third kappa shape index (κ3) is 2.79. The molecule has 0 atom stereocenters. The highest BCUT2D eigenvalue weighted by Gasteiger charge is 2.11. The molecule has 0 radical (unpaired) electrons. The minimum absolute atomic E-state index is 0.325. The Morgan fingerprint density at radius 3 is 2.63 bits per heavy atom. The second kappa shape index (κ2) is 5.19. The van der Waals surface area contributed by atoms with Crippen molar-refractivity contribution < 1.29 is 9.47 Å². The molecule has 96 valence electrons. The zero-order valence-corrected chi connectivity index (χ0v) is 10.9. The first kappa shape index (κ1) is 11.8. The lowest BCUT2D eigenvalue weighted by molar-refractivity contribution is 0.174. The molecule has 0 N–H and O–H groups in total. The molecular weight excluding hydrogens is 236 g/mol. The molecule has 1 aliphatic rings. The van der Waals surface area contributed by atoms with E-state index in [9.17, 15) is 0 Å². The Morgan fingerprint density at radius 1 is 1.00 bits per heavy atom. The molecule has 2 aromatic carbocycles. The van der Waals surface area contributed by atoms with Gasteiger partial charge < -0.3 is 9.47 Å². The van der Waals surface area contributed by atoms with Crippen LogP contribution in [0.4, 0.5) is 0 Å². The smallest absolute Gasteiger partial charge is 0.231 e. The molecule has 0 amide bonds. The molecule has 1 aliphatic heterocycles. The van der Waals surface area contributed by atoms with E-state index < -0.39 is 0 Å². The van der Waals surface area contributed by atoms with Crippen molar-refractivity contribution >= 4 is 6.08 Å². The van der Waals surface area contributed by atoms with Gasteiger partial charge in [0.15, 0.2) is 11.5 Å². The Morgan fingerprint density at radius 2 is 1.79 bits per heavy atom. The predicted molar refractivity (Wildman–Crippen MR) is 76.5 cm³/mol. The van der Waals surface area contributed by atoms with Crippen molar-refractivity contribution in [1.82, 2.24) is 0 Å². The largest absolute Gasteiger partial charge is 0.454 e. The summed E-state index contributed by atoms with van der Waals surface area (Å²) >= 11 is 0. The second-order valence-corrected chi connectivity index (χ2v) is 4.70. The van der Waals surface area contributed by atoms with Crippen molar-refractivity contribution in [2.45, 2.75) is 13.3 Å². The second-order valence-electron chi connectivity index (χ2n) is 4.70. The molecule has 0 aromatic heterocycles. The molecule has 0 fully saturated rings. The molecule has 2 heteroatoms. The Balaban J connectivity index is 1.67. The van der Waals surface area contributed by atoms with Gasteiger partial charge in [-0.3, -0.25) is 0 Å². The summed E-state index contributed by atoms with van der Waals surface area (Å²) in [4.78, 5) is 0. The summed E-state index contributed by atoms with van der Waals surface area (Å²) in [7, 11) is 0. The topological polar surface area (TPSA) is 18.5 Å². The van der Waals surface area contributed by atoms with Crippen LogP contribution in [0.3, 0.4) is 0 Å². The summed E-state index contributed by atoms with van der Waals surface area (Å²) < 4.78 is 10.7. The lowest BCUT2D eigenvalue weighted by Crippen LogP contribution is -1.92. The van der Waals surface area contributed by atoms with E-state index in [1.54, 1.807) is 0 Å². The van der Waals surface area contributed by atoms with E-state index in [0.29, 0.717) is 6.79 Å². The molecule has 19 heavy (non-hydrogen) atoms. The van der Waals surface area contributed by atoms with E-state index in [4.69, 9.17) is 9.47 Å². The van der Waals surface area contributed by atoms with Gasteiger partial charge >= 0.3 is 0 Å².